The fraction of sp³-hybridized carbons (Fsp3) is 0.235. The molecule has 8 heteroatoms. The Morgan fingerprint density at radius 1 is 1.20 bits per heavy atom. The second kappa shape index (κ2) is 5.23. The Morgan fingerprint density at radius 2 is 2.04 bits per heavy atom. The molecule has 25 heavy (non-hydrogen) atoms. The second-order valence-corrected chi connectivity index (χ2v) is 6.63. The molecule has 1 saturated carbocycles. The van der Waals surface area contributed by atoms with Crippen LogP contribution in [0.3, 0.4) is 0 Å². The van der Waals surface area contributed by atoms with Gasteiger partial charge in [0.2, 0.25) is 0 Å². The highest BCUT2D eigenvalue weighted by molar-refractivity contribution is 6.35. The summed E-state index contributed by atoms with van der Waals surface area (Å²) in [6.07, 6.45) is 1.12. The van der Waals surface area contributed by atoms with E-state index in [9.17, 15) is 8.78 Å². The normalized spacial score (nSPS) is 14.9. The van der Waals surface area contributed by atoms with E-state index in [-0.39, 0.29) is 5.69 Å². The average Bonchev–Trinajstić information content (AvgIpc) is 3.19. The highest BCUT2D eigenvalue weighted by Crippen LogP contribution is 2.42. The molecule has 1 aromatic carbocycles. The molecule has 0 bridgehead atoms. The lowest BCUT2D eigenvalue weighted by molar-refractivity contribution is 0.146. The van der Waals surface area contributed by atoms with Crippen LogP contribution in [0.25, 0.3) is 27.8 Å². The van der Waals surface area contributed by atoms with Crippen LogP contribution < -0.4 is 0 Å². The SMILES string of the molecule is FC(F)c1ccc2nc(C3CC3)n(-c3cc(Cl)c4[nH]ncc4c3)c2n1. The van der Waals surface area contributed by atoms with Gasteiger partial charge in [0.05, 0.1) is 22.4 Å². The highest BCUT2D eigenvalue weighted by Gasteiger charge is 2.31. The minimum absolute atomic E-state index is 0.258. The number of halogens is 3. The van der Waals surface area contributed by atoms with Crippen LogP contribution in [-0.2, 0) is 0 Å². The molecular weight excluding hydrogens is 348 g/mol. The molecule has 0 radical (unpaired) electrons. The van der Waals surface area contributed by atoms with Crippen LogP contribution in [0, 0.1) is 0 Å². The van der Waals surface area contributed by atoms with Crippen LogP contribution in [0.2, 0.25) is 5.02 Å². The molecule has 126 valence electrons. The summed E-state index contributed by atoms with van der Waals surface area (Å²) in [4.78, 5) is 8.80. The Balaban J connectivity index is 1.82. The first-order chi connectivity index (χ1) is 12.1. The largest absolute Gasteiger partial charge is 0.280 e. The van der Waals surface area contributed by atoms with Crippen molar-refractivity contribution >= 4 is 33.7 Å². The molecule has 5 nitrogen and oxygen atoms in total. The highest BCUT2D eigenvalue weighted by atomic mass is 35.5. The number of nitrogens with zero attached hydrogens (tertiary/aromatic N) is 4. The van der Waals surface area contributed by atoms with Gasteiger partial charge in [-0.2, -0.15) is 5.10 Å². The Hall–Kier alpha value is -2.54. The summed E-state index contributed by atoms with van der Waals surface area (Å²) in [7, 11) is 0. The summed E-state index contributed by atoms with van der Waals surface area (Å²) in [5.41, 5.74) is 2.27. The van der Waals surface area contributed by atoms with Gasteiger partial charge >= 0.3 is 0 Å². The van der Waals surface area contributed by atoms with Gasteiger partial charge in [-0.05, 0) is 37.1 Å². The molecule has 4 aromatic rings. The van der Waals surface area contributed by atoms with Crippen LogP contribution in [0.4, 0.5) is 8.78 Å². The number of aromatic amines is 1. The first-order valence-corrected chi connectivity index (χ1v) is 8.30. The van der Waals surface area contributed by atoms with Gasteiger partial charge < -0.3 is 0 Å². The maximum absolute atomic E-state index is 13.1. The van der Waals surface area contributed by atoms with Crippen molar-refractivity contribution < 1.29 is 8.78 Å². The molecule has 0 aliphatic heterocycles. The fourth-order valence-corrected chi connectivity index (χ4v) is 3.37. The Morgan fingerprint density at radius 3 is 2.80 bits per heavy atom. The first kappa shape index (κ1) is 14.8. The summed E-state index contributed by atoms with van der Waals surface area (Å²) in [6, 6.07) is 6.62. The molecule has 1 aliphatic carbocycles. The molecule has 1 aliphatic rings. The van der Waals surface area contributed by atoms with Crippen molar-refractivity contribution in [3.63, 3.8) is 0 Å². The number of H-pyrrole nitrogens is 1. The van der Waals surface area contributed by atoms with Gasteiger partial charge in [-0.1, -0.05) is 11.6 Å². The first-order valence-electron chi connectivity index (χ1n) is 7.92. The van der Waals surface area contributed by atoms with Gasteiger partial charge in [0.1, 0.15) is 17.0 Å². The smallest absolute Gasteiger partial charge is 0.280 e. The molecule has 0 spiro atoms. The van der Waals surface area contributed by atoms with Crippen LogP contribution in [-0.4, -0.2) is 24.7 Å². The van der Waals surface area contributed by atoms with Crippen molar-refractivity contribution in [2.45, 2.75) is 25.2 Å². The Labute approximate surface area is 145 Å². The van der Waals surface area contributed by atoms with Crippen molar-refractivity contribution in [3.8, 4) is 5.69 Å². The van der Waals surface area contributed by atoms with Gasteiger partial charge in [0.25, 0.3) is 6.43 Å². The number of benzene rings is 1. The maximum atomic E-state index is 13.1. The molecule has 0 saturated heterocycles. The van der Waals surface area contributed by atoms with Gasteiger partial charge in [0, 0.05) is 11.3 Å². The lowest BCUT2D eigenvalue weighted by Crippen LogP contribution is -2.02. The summed E-state index contributed by atoms with van der Waals surface area (Å²) in [6.45, 7) is 0. The second-order valence-electron chi connectivity index (χ2n) is 6.22. The van der Waals surface area contributed by atoms with E-state index in [1.807, 2.05) is 10.6 Å². The summed E-state index contributed by atoms with van der Waals surface area (Å²) in [5.74, 6) is 1.16. The van der Waals surface area contributed by atoms with Crippen LogP contribution >= 0.6 is 11.6 Å². The third-order valence-electron chi connectivity index (χ3n) is 4.46. The maximum Gasteiger partial charge on any atom is 0.280 e. The Kier molecular flexibility index (Phi) is 3.09. The zero-order valence-electron chi connectivity index (χ0n) is 12.9. The molecule has 1 N–H and O–H groups in total. The number of hydrogen-bond acceptors (Lipinski definition) is 3. The number of fused-ring (bicyclic) bond motifs is 2. The van der Waals surface area contributed by atoms with Crippen LogP contribution in [0.1, 0.15) is 36.7 Å². The van der Waals surface area contributed by atoms with Crippen LogP contribution in [0.15, 0.2) is 30.5 Å². The molecule has 1 fully saturated rings. The standard InChI is InChI=1S/C17H12ClF2N5/c18-11-6-10(5-9-7-21-24-14(9)11)25-16(8-1-2-8)23-13-4-3-12(15(19)20)22-17(13)25/h3-8,15H,1-2H2,(H,21,24). The molecule has 3 aromatic heterocycles. The quantitative estimate of drug-likeness (QED) is 0.573. The van der Waals surface area contributed by atoms with Crippen molar-refractivity contribution in [2.24, 2.45) is 0 Å². The van der Waals surface area contributed by atoms with Crippen LogP contribution in [0.5, 0.6) is 0 Å². The van der Waals surface area contributed by atoms with Gasteiger partial charge in [-0.15, -0.1) is 0 Å². The number of rotatable bonds is 3. The fourth-order valence-electron chi connectivity index (χ4n) is 3.11. The van der Waals surface area contributed by atoms with Gasteiger partial charge in [0.15, 0.2) is 5.65 Å². The van der Waals surface area contributed by atoms with E-state index in [0.29, 0.717) is 22.1 Å². The molecule has 0 atom stereocenters. The van der Waals surface area contributed by atoms with E-state index in [1.165, 1.54) is 6.07 Å². The zero-order chi connectivity index (χ0) is 17.1. The number of alkyl halides is 2. The van der Waals surface area contributed by atoms with Crippen molar-refractivity contribution in [1.82, 2.24) is 24.7 Å². The van der Waals surface area contributed by atoms with E-state index in [4.69, 9.17) is 11.6 Å². The molecule has 3 heterocycles. The topological polar surface area (TPSA) is 59.4 Å². The van der Waals surface area contributed by atoms with E-state index in [2.05, 4.69) is 20.2 Å². The third kappa shape index (κ3) is 2.30. The van der Waals surface area contributed by atoms with E-state index >= 15 is 0 Å². The van der Waals surface area contributed by atoms with Gasteiger partial charge in [-0.25, -0.2) is 18.7 Å². The zero-order valence-corrected chi connectivity index (χ0v) is 13.6. The monoisotopic (exact) mass is 359 g/mol. The predicted molar refractivity (Wildman–Crippen MR) is 90.5 cm³/mol. The minimum Gasteiger partial charge on any atom is -0.280 e. The summed E-state index contributed by atoms with van der Waals surface area (Å²) < 4.78 is 28.1. The van der Waals surface area contributed by atoms with E-state index in [0.717, 1.165) is 35.3 Å². The van der Waals surface area contributed by atoms with Crippen molar-refractivity contribution in [1.29, 1.82) is 0 Å². The van der Waals surface area contributed by atoms with E-state index in [1.54, 1.807) is 18.3 Å². The number of nitrogens with one attached hydrogen (secondary N) is 1. The molecule has 5 rings (SSSR count). The molecular formula is C17H12ClF2N5. The van der Waals surface area contributed by atoms with Crippen molar-refractivity contribution in [2.75, 3.05) is 0 Å². The minimum atomic E-state index is -2.63. The molecule has 0 amide bonds. The third-order valence-corrected chi connectivity index (χ3v) is 4.76. The number of pyridine rings is 1. The predicted octanol–water partition coefficient (Wildman–Crippen LogP) is 4.77. The van der Waals surface area contributed by atoms with E-state index < -0.39 is 6.43 Å². The molecule has 0 unspecified atom stereocenters. The average molecular weight is 360 g/mol. The van der Waals surface area contributed by atoms with Gasteiger partial charge in [-0.3, -0.25) is 9.67 Å². The number of hydrogen-bond donors (Lipinski definition) is 1. The van der Waals surface area contributed by atoms with Crippen molar-refractivity contribution in [3.05, 3.63) is 47.0 Å². The summed E-state index contributed by atoms with van der Waals surface area (Å²) >= 11 is 6.36. The number of aromatic nitrogens is 5. The lowest BCUT2D eigenvalue weighted by atomic mass is 10.2. The lowest BCUT2D eigenvalue weighted by Gasteiger charge is -2.10. The number of imidazole rings is 1. The summed E-state index contributed by atoms with van der Waals surface area (Å²) in [5, 5.41) is 8.21. The Bertz CT molecular complexity index is 1110.